The van der Waals surface area contributed by atoms with E-state index in [9.17, 15) is 9.36 Å². The number of carbonyl (C=O) groups is 1. The van der Waals surface area contributed by atoms with Crippen LogP contribution in [0.4, 0.5) is 4.79 Å². The summed E-state index contributed by atoms with van der Waals surface area (Å²) in [4.78, 5) is 12.2. The first-order valence-corrected chi connectivity index (χ1v) is 13.1. The van der Waals surface area contributed by atoms with Crippen molar-refractivity contribution in [1.29, 1.82) is 0 Å². The van der Waals surface area contributed by atoms with Gasteiger partial charge in [0.05, 0.1) is 0 Å². The number of hydrogen-bond donors (Lipinski definition) is 1. The Hall–Kier alpha value is -1.08. The Morgan fingerprint density at radius 3 is 2.00 bits per heavy atom. The largest absolute Gasteiger partial charge is 0.363 e. The number of hydrogen-bond acceptors (Lipinski definition) is 2. The van der Waals surface area contributed by atoms with Crippen LogP contribution in [0.2, 0.25) is 0 Å². The molecular formula is C24H42NO2P. The van der Waals surface area contributed by atoms with Crippen molar-refractivity contribution in [3.05, 3.63) is 35.4 Å². The Morgan fingerprint density at radius 1 is 0.929 bits per heavy atom. The van der Waals surface area contributed by atoms with Crippen molar-refractivity contribution in [2.75, 3.05) is 6.16 Å². The molecule has 0 spiro atoms. The third-order valence-corrected chi connectivity index (χ3v) is 8.93. The maximum absolute atomic E-state index is 13.7. The van der Waals surface area contributed by atoms with Crippen LogP contribution in [0.25, 0.3) is 0 Å². The normalized spacial score (nSPS) is 15.0. The zero-order valence-electron chi connectivity index (χ0n) is 18.7. The summed E-state index contributed by atoms with van der Waals surface area (Å²) in [7, 11) is -3.15. The van der Waals surface area contributed by atoms with E-state index >= 15 is 0 Å². The van der Waals surface area contributed by atoms with Crippen LogP contribution in [0, 0.1) is 11.8 Å². The van der Waals surface area contributed by atoms with Gasteiger partial charge < -0.3 is 10.3 Å². The highest BCUT2D eigenvalue weighted by Gasteiger charge is 2.40. The van der Waals surface area contributed by atoms with E-state index in [1.165, 1.54) is 44.1 Å². The van der Waals surface area contributed by atoms with Gasteiger partial charge in [0.25, 0.3) is 5.65 Å². The molecule has 0 fully saturated rings. The summed E-state index contributed by atoms with van der Waals surface area (Å²) in [5, 5.41) is 0. The van der Waals surface area contributed by atoms with Crippen LogP contribution in [0.5, 0.6) is 0 Å². The summed E-state index contributed by atoms with van der Waals surface area (Å²) >= 11 is 0. The van der Waals surface area contributed by atoms with Crippen molar-refractivity contribution >= 4 is 12.8 Å². The lowest BCUT2D eigenvalue weighted by Crippen LogP contribution is -2.20. The molecule has 0 heterocycles. The van der Waals surface area contributed by atoms with Gasteiger partial charge in [-0.3, -0.25) is 4.79 Å². The zero-order chi connectivity index (χ0) is 21.2. The van der Waals surface area contributed by atoms with Gasteiger partial charge in [-0.2, -0.15) is 0 Å². The van der Waals surface area contributed by atoms with Crippen molar-refractivity contribution in [2.24, 2.45) is 17.6 Å². The van der Waals surface area contributed by atoms with Crippen molar-refractivity contribution < 1.29 is 9.36 Å². The standard InChI is InChI=1S/C24H42NO2P/c1-6-7-8-9-10-11-12-21-13-15-22(16-14-21)23(17-19(2)3)28(27,24(25)26)18-20(4)5/h13-16,19-20,23H,6-12,17-18H2,1-5H3,(H2,25,26). The third kappa shape index (κ3) is 8.11. The van der Waals surface area contributed by atoms with Crippen LogP contribution >= 0.6 is 7.14 Å². The highest BCUT2D eigenvalue weighted by molar-refractivity contribution is 7.80. The average Bonchev–Trinajstić information content (AvgIpc) is 2.62. The number of aryl methyl sites for hydroxylation is 1. The number of benzene rings is 1. The van der Waals surface area contributed by atoms with Crippen LogP contribution < -0.4 is 5.73 Å². The molecule has 1 rings (SSSR count). The second-order valence-corrected chi connectivity index (χ2v) is 12.1. The minimum atomic E-state index is -3.15. The first-order chi connectivity index (χ1) is 13.2. The average molecular weight is 408 g/mol. The number of unbranched alkanes of at least 4 members (excludes halogenated alkanes) is 5. The second kappa shape index (κ2) is 12.5. The Kier molecular flexibility index (Phi) is 11.1. The lowest BCUT2D eigenvalue weighted by Gasteiger charge is -2.28. The maximum atomic E-state index is 13.7. The molecule has 28 heavy (non-hydrogen) atoms. The molecule has 4 heteroatoms. The number of amides is 1. The van der Waals surface area contributed by atoms with Gasteiger partial charge >= 0.3 is 0 Å². The molecule has 0 aliphatic rings. The molecular weight excluding hydrogens is 365 g/mol. The first-order valence-electron chi connectivity index (χ1n) is 11.2. The Balaban J connectivity index is 2.88. The fraction of sp³-hybridized carbons (Fsp3) is 0.708. The molecule has 0 bridgehead atoms. The van der Waals surface area contributed by atoms with Gasteiger partial charge in [0.1, 0.15) is 0 Å². The molecule has 2 atom stereocenters. The predicted molar refractivity (Wildman–Crippen MR) is 123 cm³/mol. The molecule has 0 saturated heterocycles. The third-order valence-electron chi connectivity index (χ3n) is 5.39. The van der Waals surface area contributed by atoms with Gasteiger partial charge in [0, 0.05) is 11.8 Å². The van der Waals surface area contributed by atoms with Crippen molar-refractivity contribution in [3.63, 3.8) is 0 Å². The Morgan fingerprint density at radius 2 is 1.50 bits per heavy atom. The van der Waals surface area contributed by atoms with Gasteiger partial charge in [-0.15, -0.1) is 0 Å². The van der Waals surface area contributed by atoms with Crippen molar-refractivity contribution in [2.45, 2.75) is 91.6 Å². The van der Waals surface area contributed by atoms with E-state index in [1.807, 2.05) is 13.8 Å². The quantitative estimate of drug-likeness (QED) is 0.253. The van der Waals surface area contributed by atoms with Crippen LogP contribution in [0.3, 0.4) is 0 Å². The zero-order valence-corrected chi connectivity index (χ0v) is 19.6. The molecule has 2 unspecified atom stereocenters. The molecule has 0 aromatic heterocycles. The van der Waals surface area contributed by atoms with E-state index in [4.69, 9.17) is 5.73 Å². The summed E-state index contributed by atoms with van der Waals surface area (Å²) in [6.45, 7) is 10.5. The summed E-state index contributed by atoms with van der Waals surface area (Å²) in [5.74, 6) is 0.535. The van der Waals surface area contributed by atoms with Crippen LogP contribution in [-0.2, 0) is 11.0 Å². The minimum absolute atomic E-state index is 0.181. The summed E-state index contributed by atoms with van der Waals surface area (Å²) in [5.41, 5.74) is 7.12. The lowest BCUT2D eigenvalue weighted by molar-refractivity contribution is 0.264. The van der Waals surface area contributed by atoms with E-state index < -0.39 is 12.8 Å². The van der Waals surface area contributed by atoms with Gasteiger partial charge in [0.15, 0.2) is 7.14 Å². The monoisotopic (exact) mass is 407 g/mol. The molecule has 1 amide bonds. The molecule has 0 saturated carbocycles. The van der Waals surface area contributed by atoms with Crippen LogP contribution in [-0.4, -0.2) is 11.8 Å². The predicted octanol–water partition coefficient (Wildman–Crippen LogP) is 7.77. The van der Waals surface area contributed by atoms with Gasteiger partial charge in [0.2, 0.25) is 0 Å². The van der Waals surface area contributed by atoms with Crippen LogP contribution in [0.15, 0.2) is 24.3 Å². The van der Waals surface area contributed by atoms with E-state index in [1.54, 1.807) is 0 Å². The van der Waals surface area contributed by atoms with Gasteiger partial charge in [-0.05, 0) is 42.2 Å². The number of primary amides is 1. The highest BCUT2D eigenvalue weighted by atomic mass is 31.2. The van der Waals surface area contributed by atoms with E-state index in [0.717, 1.165) is 18.4 Å². The molecule has 0 radical (unpaired) electrons. The Labute approximate surface area is 173 Å². The molecule has 2 N–H and O–H groups in total. The van der Waals surface area contributed by atoms with E-state index in [0.29, 0.717) is 12.1 Å². The minimum Gasteiger partial charge on any atom is -0.363 e. The molecule has 1 aromatic rings. The highest BCUT2D eigenvalue weighted by Crippen LogP contribution is 2.62. The fourth-order valence-electron chi connectivity index (χ4n) is 3.92. The van der Waals surface area contributed by atoms with E-state index in [2.05, 4.69) is 45.0 Å². The molecule has 0 aliphatic carbocycles. The summed E-state index contributed by atoms with van der Waals surface area (Å²) in [6.07, 6.45) is 9.97. The number of carbonyl (C=O) groups excluding carboxylic acids is 1. The number of rotatable bonds is 14. The molecule has 3 nitrogen and oxygen atoms in total. The Bertz CT molecular complexity index is 622. The lowest BCUT2D eigenvalue weighted by atomic mass is 9.99. The van der Waals surface area contributed by atoms with Crippen molar-refractivity contribution in [3.8, 4) is 0 Å². The molecule has 160 valence electrons. The smallest absolute Gasteiger partial charge is 0.276 e. The van der Waals surface area contributed by atoms with E-state index in [-0.39, 0.29) is 11.6 Å². The molecule has 0 aliphatic heterocycles. The summed E-state index contributed by atoms with van der Waals surface area (Å²) < 4.78 is 13.7. The maximum Gasteiger partial charge on any atom is 0.276 e. The van der Waals surface area contributed by atoms with Crippen molar-refractivity contribution in [1.82, 2.24) is 0 Å². The summed E-state index contributed by atoms with van der Waals surface area (Å²) in [6, 6.07) is 8.45. The number of nitrogens with two attached hydrogens (primary N) is 1. The molecule has 1 aromatic carbocycles. The van der Waals surface area contributed by atoms with Gasteiger partial charge in [-0.25, -0.2) is 0 Å². The fourth-order valence-corrected chi connectivity index (χ4v) is 7.17. The second-order valence-electron chi connectivity index (χ2n) is 9.11. The SMILES string of the molecule is CCCCCCCCc1ccc(C(CC(C)C)P(=O)(CC(C)C)C(N)=O)cc1. The topological polar surface area (TPSA) is 60.2 Å². The van der Waals surface area contributed by atoms with Gasteiger partial charge in [-0.1, -0.05) is 91.0 Å². The van der Waals surface area contributed by atoms with Crippen LogP contribution in [0.1, 0.15) is 96.4 Å². The first kappa shape index (κ1) is 25.0.